The maximum atomic E-state index is 6.52. The fraction of sp³-hybridized carbons (Fsp3) is 0.600. The first-order valence-electron chi connectivity index (χ1n) is 6.53. The molecule has 1 aromatic rings. The van der Waals surface area contributed by atoms with Gasteiger partial charge in [-0.05, 0) is 42.4 Å². The van der Waals surface area contributed by atoms with Gasteiger partial charge in [0.2, 0.25) is 0 Å². The molecule has 1 rings (SSSR count). The topological polar surface area (TPSA) is 26.0 Å². The summed E-state index contributed by atoms with van der Waals surface area (Å²) < 4.78 is 0. The largest absolute Gasteiger partial charge is 0.321 e. The van der Waals surface area contributed by atoms with Crippen molar-refractivity contribution in [2.24, 2.45) is 5.73 Å². The lowest BCUT2D eigenvalue weighted by molar-refractivity contribution is 0.409. The minimum atomic E-state index is -0.142. The van der Waals surface area contributed by atoms with Crippen molar-refractivity contribution in [3.05, 3.63) is 34.9 Å². The Morgan fingerprint density at radius 1 is 1.00 bits per heavy atom. The molecule has 0 amide bonds. The molecule has 0 aromatic heterocycles. The number of nitrogens with two attached hydrogens (primary N) is 1. The van der Waals surface area contributed by atoms with Crippen molar-refractivity contribution in [2.75, 3.05) is 0 Å². The molecule has 0 unspecified atom stereocenters. The Hall–Kier alpha value is -0.820. The Bertz CT molecular complexity index is 337. The fourth-order valence-electron chi connectivity index (χ4n) is 2.48. The zero-order valence-corrected chi connectivity index (χ0v) is 11.1. The zero-order chi connectivity index (χ0) is 12.2. The van der Waals surface area contributed by atoms with Gasteiger partial charge in [0.05, 0.1) is 0 Å². The summed E-state index contributed by atoms with van der Waals surface area (Å²) in [7, 11) is 0. The molecule has 0 atom stereocenters. The van der Waals surface area contributed by atoms with E-state index in [4.69, 9.17) is 5.73 Å². The monoisotopic (exact) mass is 219 g/mol. The van der Waals surface area contributed by atoms with Crippen LogP contribution < -0.4 is 5.73 Å². The van der Waals surface area contributed by atoms with Crippen molar-refractivity contribution in [1.82, 2.24) is 0 Å². The van der Waals surface area contributed by atoms with E-state index >= 15 is 0 Å². The van der Waals surface area contributed by atoms with Gasteiger partial charge in [-0.1, -0.05) is 45.9 Å². The van der Waals surface area contributed by atoms with Gasteiger partial charge in [-0.15, -0.1) is 0 Å². The average molecular weight is 219 g/mol. The van der Waals surface area contributed by atoms with Gasteiger partial charge in [0.25, 0.3) is 0 Å². The highest BCUT2D eigenvalue weighted by Gasteiger charge is 2.25. The number of hydrogen-bond donors (Lipinski definition) is 1. The summed E-state index contributed by atoms with van der Waals surface area (Å²) in [5.41, 5.74) is 10.7. The predicted molar refractivity (Wildman–Crippen MR) is 71.6 cm³/mol. The highest BCUT2D eigenvalue weighted by atomic mass is 14.7. The summed E-state index contributed by atoms with van der Waals surface area (Å²) in [6, 6.07) is 6.60. The van der Waals surface area contributed by atoms with Gasteiger partial charge in [-0.25, -0.2) is 0 Å². The molecule has 16 heavy (non-hydrogen) atoms. The molecule has 0 saturated carbocycles. The summed E-state index contributed by atoms with van der Waals surface area (Å²) >= 11 is 0. The van der Waals surface area contributed by atoms with Gasteiger partial charge in [0.15, 0.2) is 0 Å². The van der Waals surface area contributed by atoms with Crippen LogP contribution >= 0.6 is 0 Å². The molecule has 1 heteroatoms. The molecular formula is C15H25N. The van der Waals surface area contributed by atoms with Crippen molar-refractivity contribution in [3.8, 4) is 0 Å². The maximum Gasteiger partial charge on any atom is 0.0407 e. The SMILES string of the molecule is CCc1cccc(C(N)(CC)CC)c1CC. The second-order valence-electron chi connectivity index (χ2n) is 4.51. The first kappa shape index (κ1) is 13.2. The van der Waals surface area contributed by atoms with Gasteiger partial charge < -0.3 is 5.73 Å². The smallest absolute Gasteiger partial charge is 0.0407 e. The molecule has 0 aliphatic carbocycles. The summed E-state index contributed by atoms with van der Waals surface area (Å²) in [5.74, 6) is 0. The van der Waals surface area contributed by atoms with E-state index in [1.54, 1.807) is 0 Å². The number of benzene rings is 1. The van der Waals surface area contributed by atoms with Crippen LogP contribution in [0.1, 0.15) is 57.2 Å². The Morgan fingerprint density at radius 2 is 1.62 bits per heavy atom. The first-order chi connectivity index (χ1) is 7.62. The molecule has 1 nitrogen and oxygen atoms in total. The van der Waals surface area contributed by atoms with Crippen LogP contribution in [0.15, 0.2) is 18.2 Å². The maximum absolute atomic E-state index is 6.52. The lowest BCUT2D eigenvalue weighted by Crippen LogP contribution is -2.36. The minimum Gasteiger partial charge on any atom is -0.321 e. The molecule has 2 N–H and O–H groups in total. The third-order valence-corrected chi connectivity index (χ3v) is 3.81. The van der Waals surface area contributed by atoms with Gasteiger partial charge in [-0.3, -0.25) is 0 Å². The van der Waals surface area contributed by atoms with Crippen molar-refractivity contribution in [2.45, 2.75) is 58.9 Å². The normalized spacial score (nSPS) is 11.8. The van der Waals surface area contributed by atoms with E-state index in [1.807, 2.05) is 0 Å². The van der Waals surface area contributed by atoms with Crippen LogP contribution in [0.4, 0.5) is 0 Å². The molecule has 90 valence electrons. The quantitative estimate of drug-likeness (QED) is 0.801. The van der Waals surface area contributed by atoms with Crippen LogP contribution in [0.3, 0.4) is 0 Å². The van der Waals surface area contributed by atoms with Gasteiger partial charge >= 0.3 is 0 Å². The van der Waals surface area contributed by atoms with Gasteiger partial charge in [-0.2, -0.15) is 0 Å². The van der Waals surface area contributed by atoms with E-state index in [0.717, 1.165) is 25.7 Å². The summed E-state index contributed by atoms with van der Waals surface area (Å²) in [5, 5.41) is 0. The molecule has 0 fully saturated rings. The van der Waals surface area contributed by atoms with Crippen molar-refractivity contribution in [3.63, 3.8) is 0 Å². The van der Waals surface area contributed by atoms with Gasteiger partial charge in [0, 0.05) is 5.54 Å². The van der Waals surface area contributed by atoms with Crippen LogP contribution in [0.2, 0.25) is 0 Å². The van der Waals surface area contributed by atoms with Crippen molar-refractivity contribution >= 4 is 0 Å². The molecular weight excluding hydrogens is 194 g/mol. The van der Waals surface area contributed by atoms with E-state index in [-0.39, 0.29) is 5.54 Å². The molecule has 0 spiro atoms. The molecule has 0 heterocycles. The lowest BCUT2D eigenvalue weighted by atomic mass is 9.80. The highest BCUT2D eigenvalue weighted by Crippen LogP contribution is 2.30. The first-order valence-corrected chi connectivity index (χ1v) is 6.53. The average Bonchev–Trinajstić information content (AvgIpc) is 2.36. The van der Waals surface area contributed by atoms with Crippen LogP contribution in [-0.2, 0) is 18.4 Å². The van der Waals surface area contributed by atoms with E-state index in [9.17, 15) is 0 Å². The molecule has 0 bridgehead atoms. The standard InChI is InChI=1S/C15H25N/c1-5-12-10-9-11-14(13(12)6-2)15(16,7-3)8-4/h9-11H,5-8,16H2,1-4H3. The van der Waals surface area contributed by atoms with E-state index in [0.29, 0.717) is 0 Å². The summed E-state index contributed by atoms with van der Waals surface area (Å²) in [4.78, 5) is 0. The van der Waals surface area contributed by atoms with Crippen molar-refractivity contribution in [1.29, 1.82) is 0 Å². The minimum absolute atomic E-state index is 0.142. The highest BCUT2D eigenvalue weighted by molar-refractivity contribution is 5.39. The molecule has 0 radical (unpaired) electrons. The number of rotatable bonds is 5. The van der Waals surface area contributed by atoms with E-state index in [2.05, 4.69) is 45.9 Å². The Balaban J connectivity index is 3.32. The molecule has 0 saturated heterocycles. The van der Waals surface area contributed by atoms with E-state index < -0.39 is 0 Å². The summed E-state index contributed by atoms with van der Waals surface area (Å²) in [6.45, 7) is 8.81. The third kappa shape index (κ3) is 2.30. The van der Waals surface area contributed by atoms with Gasteiger partial charge in [0.1, 0.15) is 0 Å². The molecule has 1 aromatic carbocycles. The Morgan fingerprint density at radius 3 is 2.06 bits per heavy atom. The van der Waals surface area contributed by atoms with E-state index in [1.165, 1.54) is 16.7 Å². The third-order valence-electron chi connectivity index (χ3n) is 3.81. The van der Waals surface area contributed by atoms with Crippen LogP contribution in [0, 0.1) is 0 Å². The lowest BCUT2D eigenvalue weighted by Gasteiger charge is -2.30. The second kappa shape index (κ2) is 5.49. The summed E-state index contributed by atoms with van der Waals surface area (Å²) in [6.07, 6.45) is 4.19. The second-order valence-corrected chi connectivity index (χ2v) is 4.51. The molecule has 0 aliphatic heterocycles. The van der Waals surface area contributed by atoms with Crippen LogP contribution in [0.5, 0.6) is 0 Å². The Labute approximate surface area is 100 Å². The zero-order valence-electron chi connectivity index (χ0n) is 11.1. The predicted octanol–water partition coefficient (Wildman–Crippen LogP) is 3.79. The van der Waals surface area contributed by atoms with Crippen LogP contribution in [-0.4, -0.2) is 0 Å². The van der Waals surface area contributed by atoms with Crippen LogP contribution in [0.25, 0.3) is 0 Å². The number of aryl methyl sites for hydroxylation is 1. The fourth-order valence-corrected chi connectivity index (χ4v) is 2.48. The van der Waals surface area contributed by atoms with Crippen molar-refractivity contribution < 1.29 is 0 Å². The Kier molecular flexibility index (Phi) is 4.55. The number of hydrogen-bond acceptors (Lipinski definition) is 1. The molecule has 0 aliphatic rings.